The van der Waals surface area contributed by atoms with Crippen molar-refractivity contribution in [1.82, 2.24) is 0 Å². The lowest BCUT2D eigenvalue weighted by Gasteiger charge is -2.23. The van der Waals surface area contributed by atoms with Crippen LogP contribution in [0.15, 0.2) is 18.2 Å². The van der Waals surface area contributed by atoms with E-state index in [0.717, 1.165) is 19.3 Å². The number of halogens is 1. The minimum absolute atomic E-state index is 0.0523. The van der Waals surface area contributed by atoms with Gasteiger partial charge in [0.25, 0.3) is 0 Å². The van der Waals surface area contributed by atoms with Crippen molar-refractivity contribution in [2.75, 3.05) is 0 Å². The largest absolute Gasteiger partial charge is 0.489 e. The average Bonchev–Trinajstić information content (AvgIpc) is 2.55. The molecule has 0 aliphatic heterocycles. The first-order valence-electron chi connectivity index (χ1n) is 6.32. The van der Waals surface area contributed by atoms with Gasteiger partial charge in [0.05, 0.1) is 10.6 Å². The minimum Gasteiger partial charge on any atom is -0.489 e. The van der Waals surface area contributed by atoms with Crippen LogP contribution in [0, 0.1) is 11.3 Å². The molecule has 0 spiro atoms. The minimum atomic E-state index is 0.0523. The summed E-state index contributed by atoms with van der Waals surface area (Å²) in [6.07, 6.45) is 5.60. The summed E-state index contributed by atoms with van der Waals surface area (Å²) in [5.74, 6) is 0.696. The fourth-order valence-corrected chi connectivity index (χ4v) is 2.50. The topological polar surface area (TPSA) is 59.0 Å². The van der Waals surface area contributed by atoms with E-state index in [0.29, 0.717) is 16.3 Å². The molecule has 1 saturated carbocycles. The van der Waals surface area contributed by atoms with Crippen LogP contribution in [-0.4, -0.2) is 12.1 Å². The van der Waals surface area contributed by atoms with Crippen LogP contribution in [0.1, 0.15) is 37.7 Å². The molecule has 18 heavy (non-hydrogen) atoms. The molecule has 0 bridgehead atoms. The highest BCUT2D eigenvalue weighted by atomic mass is 35.5. The predicted molar refractivity (Wildman–Crippen MR) is 71.6 cm³/mol. The number of rotatable bonds is 2. The van der Waals surface area contributed by atoms with Crippen LogP contribution in [0.3, 0.4) is 0 Å². The summed E-state index contributed by atoms with van der Waals surface area (Å²) < 4.78 is 5.91. The number of nitriles is 1. The smallest absolute Gasteiger partial charge is 0.121 e. The molecule has 3 nitrogen and oxygen atoms in total. The third-order valence-electron chi connectivity index (χ3n) is 3.35. The molecular weight excluding hydrogens is 248 g/mol. The first-order chi connectivity index (χ1) is 8.70. The molecule has 2 unspecified atom stereocenters. The van der Waals surface area contributed by atoms with E-state index in [2.05, 4.69) is 0 Å². The van der Waals surface area contributed by atoms with Crippen molar-refractivity contribution < 1.29 is 4.74 Å². The molecule has 0 radical (unpaired) electrons. The summed E-state index contributed by atoms with van der Waals surface area (Å²) in [4.78, 5) is 0. The van der Waals surface area contributed by atoms with E-state index in [-0.39, 0.29) is 12.1 Å². The van der Waals surface area contributed by atoms with E-state index < -0.39 is 0 Å². The zero-order chi connectivity index (χ0) is 13.0. The molecule has 1 aliphatic carbocycles. The third kappa shape index (κ3) is 3.16. The number of benzene rings is 1. The Labute approximate surface area is 112 Å². The molecule has 1 aromatic rings. The second-order valence-electron chi connectivity index (χ2n) is 4.71. The highest BCUT2D eigenvalue weighted by molar-refractivity contribution is 6.31. The monoisotopic (exact) mass is 264 g/mol. The Morgan fingerprint density at radius 3 is 2.78 bits per heavy atom. The second-order valence-corrected chi connectivity index (χ2v) is 5.12. The molecule has 0 amide bonds. The van der Waals surface area contributed by atoms with Crippen LogP contribution in [-0.2, 0) is 0 Å². The second kappa shape index (κ2) is 6.08. The molecule has 1 aliphatic rings. The fourth-order valence-electron chi connectivity index (χ4n) is 2.28. The lowest BCUT2D eigenvalue weighted by atomic mass is 10.1. The SMILES string of the molecule is N#Cc1ccc(OC2CCCCCC2N)cc1Cl. The summed E-state index contributed by atoms with van der Waals surface area (Å²) in [7, 11) is 0. The Balaban J connectivity index is 2.08. The van der Waals surface area contributed by atoms with Gasteiger partial charge in [0.15, 0.2) is 0 Å². The van der Waals surface area contributed by atoms with Crippen LogP contribution in [0.25, 0.3) is 0 Å². The normalized spacial score (nSPS) is 24.1. The summed E-state index contributed by atoms with van der Waals surface area (Å²) in [6, 6.07) is 7.27. The van der Waals surface area contributed by atoms with E-state index in [9.17, 15) is 0 Å². The van der Waals surface area contributed by atoms with Crippen molar-refractivity contribution in [3.05, 3.63) is 28.8 Å². The summed E-state index contributed by atoms with van der Waals surface area (Å²) in [6.45, 7) is 0. The van der Waals surface area contributed by atoms with Crippen LogP contribution in [0.5, 0.6) is 5.75 Å². The molecule has 1 aromatic carbocycles. The standard InChI is InChI=1S/C14H17ClN2O/c15-12-8-11(7-6-10(12)9-16)18-14-5-3-1-2-4-13(14)17/h6-8,13-14H,1-5,17H2. The maximum atomic E-state index is 8.81. The quantitative estimate of drug-likeness (QED) is 0.834. The molecule has 1 fully saturated rings. The highest BCUT2D eigenvalue weighted by Crippen LogP contribution is 2.26. The maximum Gasteiger partial charge on any atom is 0.121 e. The Hall–Kier alpha value is -1.24. The van der Waals surface area contributed by atoms with Crippen molar-refractivity contribution >= 4 is 11.6 Å². The van der Waals surface area contributed by atoms with Gasteiger partial charge in [-0.1, -0.05) is 24.4 Å². The molecule has 0 aromatic heterocycles. The molecule has 0 saturated heterocycles. The fraction of sp³-hybridized carbons (Fsp3) is 0.500. The van der Waals surface area contributed by atoms with Gasteiger partial charge in [0, 0.05) is 12.1 Å². The van der Waals surface area contributed by atoms with Crippen molar-refractivity contribution in [3.63, 3.8) is 0 Å². The lowest BCUT2D eigenvalue weighted by molar-refractivity contribution is 0.163. The molecule has 2 N–H and O–H groups in total. The number of nitrogens with zero attached hydrogens (tertiary/aromatic N) is 1. The zero-order valence-corrected chi connectivity index (χ0v) is 11.0. The first-order valence-corrected chi connectivity index (χ1v) is 6.70. The van der Waals surface area contributed by atoms with Crippen molar-refractivity contribution in [2.24, 2.45) is 5.73 Å². The van der Waals surface area contributed by atoms with Crippen LogP contribution in [0.4, 0.5) is 0 Å². The first kappa shape index (κ1) is 13.2. The summed E-state index contributed by atoms with van der Waals surface area (Å²) in [5.41, 5.74) is 6.58. The van der Waals surface area contributed by atoms with Crippen LogP contribution < -0.4 is 10.5 Å². The Morgan fingerprint density at radius 1 is 1.28 bits per heavy atom. The van der Waals surface area contributed by atoms with Gasteiger partial charge < -0.3 is 10.5 Å². The van der Waals surface area contributed by atoms with E-state index in [1.54, 1.807) is 18.2 Å². The Bertz CT molecular complexity index is 456. The van der Waals surface area contributed by atoms with Crippen molar-refractivity contribution in [3.8, 4) is 11.8 Å². The van der Waals surface area contributed by atoms with Gasteiger partial charge in [-0.05, 0) is 31.4 Å². The van der Waals surface area contributed by atoms with E-state index in [4.69, 9.17) is 27.3 Å². The number of ether oxygens (including phenoxy) is 1. The molecule has 4 heteroatoms. The zero-order valence-electron chi connectivity index (χ0n) is 10.2. The van der Waals surface area contributed by atoms with Crippen molar-refractivity contribution in [2.45, 2.75) is 44.2 Å². The highest BCUT2D eigenvalue weighted by Gasteiger charge is 2.22. The Kier molecular flexibility index (Phi) is 4.46. The van der Waals surface area contributed by atoms with E-state index in [1.165, 1.54) is 12.8 Å². The van der Waals surface area contributed by atoms with Gasteiger partial charge in [-0.2, -0.15) is 5.26 Å². The number of hydrogen-bond acceptors (Lipinski definition) is 3. The number of nitrogens with two attached hydrogens (primary N) is 1. The summed E-state index contributed by atoms with van der Waals surface area (Å²) >= 11 is 5.98. The lowest BCUT2D eigenvalue weighted by Crippen LogP contribution is -2.37. The third-order valence-corrected chi connectivity index (χ3v) is 3.66. The summed E-state index contributed by atoms with van der Waals surface area (Å²) in [5, 5.41) is 9.24. The van der Waals surface area contributed by atoms with Gasteiger partial charge in [-0.3, -0.25) is 0 Å². The molecule has 2 atom stereocenters. The molecule has 96 valence electrons. The van der Waals surface area contributed by atoms with Gasteiger partial charge in [0.1, 0.15) is 17.9 Å². The van der Waals surface area contributed by atoms with Gasteiger partial charge in [0.2, 0.25) is 0 Å². The molecule has 0 heterocycles. The molecule has 2 rings (SSSR count). The van der Waals surface area contributed by atoms with Crippen LogP contribution in [0.2, 0.25) is 5.02 Å². The van der Waals surface area contributed by atoms with Gasteiger partial charge in [-0.25, -0.2) is 0 Å². The number of hydrogen-bond donors (Lipinski definition) is 1. The average molecular weight is 265 g/mol. The van der Waals surface area contributed by atoms with E-state index in [1.807, 2.05) is 6.07 Å². The van der Waals surface area contributed by atoms with Crippen LogP contribution >= 0.6 is 11.6 Å². The van der Waals surface area contributed by atoms with Crippen molar-refractivity contribution in [1.29, 1.82) is 5.26 Å². The maximum absolute atomic E-state index is 8.81. The predicted octanol–water partition coefficient (Wildman–Crippen LogP) is 3.25. The Morgan fingerprint density at radius 2 is 2.06 bits per heavy atom. The molecular formula is C14H17ClN2O. The van der Waals surface area contributed by atoms with Gasteiger partial charge >= 0.3 is 0 Å². The van der Waals surface area contributed by atoms with E-state index >= 15 is 0 Å². The van der Waals surface area contributed by atoms with Gasteiger partial charge in [-0.15, -0.1) is 0 Å².